The molecule has 2 N–H and O–H groups in total. The fourth-order valence-corrected chi connectivity index (χ4v) is 2.21. The Labute approximate surface area is 114 Å². The molecule has 0 saturated carbocycles. The molecule has 0 bridgehead atoms. The molecule has 6 nitrogen and oxygen atoms in total. The molecule has 2 amide bonds. The highest BCUT2D eigenvalue weighted by Gasteiger charge is 2.35. The first-order valence-corrected chi connectivity index (χ1v) is 6.55. The highest BCUT2D eigenvalue weighted by atomic mass is 16.5. The fourth-order valence-electron chi connectivity index (χ4n) is 2.21. The van der Waals surface area contributed by atoms with E-state index in [-0.39, 0.29) is 18.2 Å². The van der Waals surface area contributed by atoms with Gasteiger partial charge >= 0.3 is 12.0 Å². The van der Waals surface area contributed by atoms with Crippen LogP contribution in [0.5, 0.6) is 0 Å². The van der Waals surface area contributed by atoms with Crippen molar-refractivity contribution in [3.05, 3.63) is 0 Å². The van der Waals surface area contributed by atoms with Crippen molar-refractivity contribution in [1.82, 2.24) is 10.2 Å². The maximum Gasteiger partial charge on any atom is 0.326 e. The van der Waals surface area contributed by atoms with Crippen molar-refractivity contribution in [3.8, 4) is 0 Å². The van der Waals surface area contributed by atoms with Crippen LogP contribution in [0, 0.1) is 5.41 Å². The Morgan fingerprint density at radius 1 is 1.26 bits per heavy atom. The number of nitrogens with zero attached hydrogens (tertiary/aromatic N) is 1. The van der Waals surface area contributed by atoms with Gasteiger partial charge in [0.15, 0.2) is 0 Å². The number of rotatable bonds is 2. The molecule has 0 aromatic rings. The minimum Gasteiger partial charge on any atom is -0.480 e. The first-order valence-electron chi connectivity index (χ1n) is 6.55. The zero-order chi connectivity index (χ0) is 14.8. The molecular formula is C13H24N2O4. The molecule has 0 radical (unpaired) electrons. The Hall–Kier alpha value is -1.30. The van der Waals surface area contributed by atoms with Crippen LogP contribution in [0.2, 0.25) is 0 Å². The topological polar surface area (TPSA) is 78.9 Å². The number of aliphatic carboxylic acids is 1. The first-order chi connectivity index (χ1) is 8.61. The van der Waals surface area contributed by atoms with Gasteiger partial charge in [0.25, 0.3) is 0 Å². The second-order valence-corrected chi connectivity index (χ2v) is 6.25. The zero-order valence-electron chi connectivity index (χ0n) is 12.3. The highest BCUT2D eigenvalue weighted by molar-refractivity contribution is 5.83. The molecule has 0 aliphatic carbocycles. The molecule has 6 heteroatoms. The van der Waals surface area contributed by atoms with Crippen LogP contribution in [0.4, 0.5) is 4.79 Å². The molecule has 1 unspecified atom stereocenters. The lowest BCUT2D eigenvalue weighted by molar-refractivity contribution is -0.142. The number of carbonyl (C=O) groups is 2. The van der Waals surface area contributed by atoms with E-state index in [4.69, 9.17) is 4.74 Å². The molecule has 0 aromatic carbocycles. The average Bonchev–Trinajstić information content (AvgIpc) is 2.21. The predicted octanol–water partition coefficient (Wildman–Crippen LogP) is 1.30. The lowest BCUT2D eigenvalue weighted by Gasteiger charge is -2.37. The maximum absolute atomic E-state index is 12.1. The molecule has 19 heavy (non-hydrogen) atoms. The van der Waals surface area contributed by atoms with Gasteiger partial charge in [-0.2, -0.15) is 0 Å². The molecule has 1 aliphatic rings. The van der Waals surface area contributed by atoms with Crippen LogP contribution in [0.1, 0.15) is 34.6 Å². The van der Waals surface area contributed by atoms with E-state index in [1.165, 1.54) is 0 Å². The lowest BCUT2D eigenvalue weighted by Crippen LogP contribution is -2.57. The standard InChI is InChI=1S/C13H24N2O4/c1-8-6-15(7-9(2)19-8)12(18)14-10(11(16)17)13(3,4)5/h8-10H,6-7H2,1-5H3,(H,14,18)(H,16,17)/t8-,9+,10?. The third kappa shape index (κ3) is 4.38. The largest absolute Gasteiger partial charge is 0.480 e. The summed E-state index contributed by atoms with van der Waals surface area (Å²) in [5.74, 6) is -1.02. The average molecular weight is 272 g/mol. The second kappa shape index (κ2) is 5.77. The Morgan fingerprint density at radius 2 is 1.74 bits per heavy atom. The Balaban J connectivity index is 2.69. The Kier molecular flexibility index (Phi) is 4.79. The lowest BCUT2D eigenvalue weighted by atomic mass is 9.87. The van der Waals surface area contributed by atoms with Crippen molar-refractivity contribution in [2.24, 2.45) is 5.41 Å². The van der Waals surface area contributed by atoms with Crippen molar-refractivity contribution in [2.45, 2.75) is 52.9 Å². The summed E-state index contributed by atoms with van der Waals surface area (Å²) in [7, 11) is 0. The summed E-state index contributed by atoms with van der Waals surface area (Å²) in [4.78, 5) is 25.0. The summed E-state index contributed by atoms with van der Waals surface area (Å²) in [6.45, 7) is 10.1. The third-order valence-electron chi connectivity index (χ3n) is 3.09. The van der Waals surface area contributed by atoms with Gasteiger partial charge in [-0.3, -0.25) is 0 Å². The zero-order valence-corrected chi connectivity index (χ0v) is 12.3. The molecule has 1 saturated heterocycles. The Morgan fingerprint density at radius 3 is 2.11 bits per heavy atom. The number of amides is 2. The van der Waals surface area contributed by atoms with E-state index in [1.807, 2.05) is 13.8 Å². The number of carbonyl (C=O) groups excluding carboxylic acids is 1. The van der Waals surface area contributed by atoms with Gasteiger partial charge in [-0.1, -0.05) is 20.8 Å². The highest BCUT2D eigenvalue weighted by Crippen LogP contribution is 2.20. The first kappa shape index (κ1) is 15.8. The summed E-state index contributed by atoms with van der Waals surface area (Å²) in [6, 6.07) is -1.25. The molecule has 1 heterocycles. The number of nitrogens with one attached hydrogen (secondary N) is 1. The minimum atomic E-state index is -1.02. The van der Waals surface area contributed by atoms with Gasteiger partial charge in [0.05, 0.1) is 12.2 Å². The van der Waals surface area contributed by atoms with Gasteiger partial charge in [-0.05, 0) is 19.3 Å². The van der Waals surface area contributed by atoms with Gasteiger partial charge in [-0.15, -0.1) is 0 Å². The molecule has 1 aliphatic heterocycles. The maximum atomic E-state index is 12.1. The van der Waals surface area contributed by atoms with Crippen molar-refractivity contribution >= 4 is 12.0 Å². The van der Waals surface area contributed by atoms with Crippen LogP contribution in [0.15, 0.2) is 0 Å². The molecule has 3 atom stereocenters. The van der Waals surface area contributed by atoms with Crippen molar-refractivity contribution in [1.29, 1.82) is 0 Å². The summed E-state index contributed by atoms with van der Waals surface area (Å²) in [5, 5.41) is 11.8. The summed E-state index contributed by atoms with van der Waals surface area (Å²) < 4.78 is 5.55. The minimum absolute atomic E-state index is 0.0348. The number of carboxylic acid groups (broad SMARTS) is 1. The molecule has 0 spiro atoms. The van der Waals surface area contributed by atoms with Crippen LogP contribution in [0.25, 0.3) is 0 Å². The summed E-state index contributed by atoms with van der Waals surface area (Å²) in [5.41, 5.74) is -0.537. The SMILES string of the molecule is C[C@@H]1CN(C(=O)NC(C(=O)O)C(C)(C)C)C[C@H](C)O1. The monoisotopic (exact) mass is 272 g/mol. The van der Waals surface area contributed by atoms with Gasteiger partial charge in [-0.25, -0.2) is 9.59 Å². The molecule has 1 rings (SSSR count). The van der Waals surface area contributed by atoms with Gasteiger partial charge in [0.1, 0.15) is 6.04 Å². The Bertz CT molecular complexity index is 341. The normalized spacial score (nSPS) is 25.8. The van der Waals surface area contributed by atoms with E-state index in [0.717, 1.165) is 0 Å². The number of ether oxygens (including phenoxy) is 1. The van der Waals surface area contributed by atoms with Crippen LogP contribution in [-0.2, 0) is 9.53 Å². The molecule has 110 valence electrons. The van der Waals surface area contributed by atoms with Crippen LogP contribution in [-0.4, -0.2) is 53.3 Å². The molecule has 1 fully saturated rings. The summed E-state index contributed by atoms with van der Waals surface area (Å²) in [6.07, 6.45) is -0.0696. The van der Waals surface area contributed by atoms with Crippen LogP contribution in [0.3, 0.4) is 0 Å². The van der Waals surface area contributed by atoms with Crippen molar-refractivity contribution < 1.29 is 19.4 Å². The van der Waals surface area contributed by atoms with Gasteiger partial charge in [0.2, 0.25) is 0 Å². The van der Waals surface area contributed by atoms with E-state index in [1.54, 1.807) is 25.7 Å². The van der Waals surface area contributed by atoms with E-state index < -0.39 is 17.4 Å². The van der Waals surface area contributed by atoms with Crippen LogP contribution >= 0.6 is 0 Å². The van der Waals surface area contributed by atoms with E-state index in [2.05, 4.69) is 5.32 Å². The van der Waals surface area contributed by atoms with Gasteiger partial charge < -0.3 is 20.1 Å². The fraction of sp³-hybridized carbons (Fsp3) is 0.846. The van der Waals surface area contributed by atoms with Crippen molar-refractivity contribution in [3.63, 3.8) is 0 Å². The predicted molar refractivity (Wildman–Crippen MR) is 71.0 cm³/mol. The van der Waals surface area contributed by atoms with Gasteiger partial charge in [0, 0.05) is 13.1 Å². The quantitative estimate of drug-likeness (QED) is 0.794. The molecule has 0 aromatic heterocycles. The third-order valence-corrected chi connectivity index (χ3v) is 3.09. The number of carboxylic acids is 1. The second-order valence-electron chi connectivity index (χ2n) is 6.25. The smallest absolute Gasteiger partial charge is 0.326 e. The number of morpholine rings is 1. The number of urea groups is 1. The van der Waals surface area contributed by atoms with E-state index in [9.17, 15) is 14.7 Å². The molecular weight excluding hydrogens is 248 g/mol. The number of hydrogen-bond donors (Lipinski definition) is 2. The van der Waals surface area contributed by atoms with Crippen LogP contribution < -0.4 is 5.32 Å². The van der Waals surface area contributed by atoms with Crippen molar-refractivity contribution in [2.75, 3.05) is 13.1 Å². The number of hydrogen-bond acceptors (Lipinski definition) is 3. The van der Waals surface area contributed by atoms with E-state index in [0.29, 0.717) is 13.1 Å². The van der Waals surface area contributed by atoms with E-state index >= 15 is 0 Å². The summed E-state index contributed by atoms with van der Waals surface area (Å²) >= 11 is 0.